The molecular weight excluding hydrogens is 923 g/mol. The van der Waals surface area contributed by atoms with Crippen LogP contribution in [0.2, 0.25) is 0 Å². The van der Waals surface area contributed by atoms with Crippen LogP contribution in [0.5, 0.6) is 0 Å². The fourth-order valence-electron chi connectivity index (χ4n) is 10.4. The maximum absolute atomic E-state index is 12.4. The van der Waals surface area contributed by atoms with E-state index in [1.807, 2.05) is 6.08 Å². The van der Waals surface area contributed by atoms with Crippen molar-refractivity contribution in [2.24, 2.45) is 0 Å². The van der Waals surface area contributed by atoms with E-state index < -0.39 is 12.1 Å². The van der Waals surface area contributed by atoms with Gasteiger partial charge in [-0.05, 0) is 83.5 Å². The number of hydrogen-bond acceptors (Lipinski definition) is 5. The summed E-state index contributed by atoms with van der Waals surface area (Å²) in [6, 6.07) is -0.626. The number of nitrogens with one attached hydrogen (secondary N) is 1. The van der Waals surface area contributed by atoms with Crippen LogP contribution in [0.25, 0.3) is 0 Å². The molecule has 0 aromatic rings. The predicted octanol–water partition coefficient (Wildman–Crippen LogP) is 21.5. The van der Waals surface area contributed by atoms with Gasteiger partial charge >= 0.3 is 5.97 Å². The third kappa shape index (κ3) is 61.2. The van der Waals surface area contributed by atoms with E-state index in [0.717, 1.165) is 44.9 Å². The average Bonchev–Trinajstić information content (AvgIpc) is 3.41. The molecule has 0 spiro atoms. The van der Waals surface area contributed by atoms with Crippen molar-refractivity contribution in [3.63, 3.8) is 0 Å². The summed E-state index contributed by atoms with van der Waals surface area (Å²) >= 11 is 0. The maximum Gasteiger partial charge on any atom is 0.305 e. The number of carbonyl (C=O) groups is 2. The second-order valence-corrected chi connectivity index (χ2v) is 23.1. The van der Waals surface area contributed by atoms with Crippen LogP contribution in [-0.2, 0) is 14.3 Å². The Morgan fingerprint density at radius 2 is 0.627 bits per heavy atom. The topological polar surface area (TPSA) is 95.9 Å². The molecule has 6 heteroatoms. The molecule has 0 bridgehead atoms. The van der Waals surface area contributed by atoms with Crippen LogP contribution in [0.3, 0.4) is 0 Å². The van der Waals surface area contributed by atoms with Crippen LogP contribution in [0, 0.1) is 0 Å². The molecule has 0 aromatic carbocycles. The lowest BCUT2D eigenvalue weighted by atomic mass is 10.0. The van der Waals surface area contributed by atoms with Crippen molar-refractivity contribution < 1.29 is 24.5 Å². The highest BCUT2D eigenvalue weighted by Gasteiger charge is 2.18. The second-order valence-electron chi connectivity index (χ2n) is 23.1. The van der Waals surface area contributed by atoms with Crippen molar-refractivity contribution in [2.45, 2.75) is 379 Å². The molecular formula is C69H131NO5. The number of carbonyl (C=O) groups excluding carboxylic acids is 2. The van der Waals surface area contributed by atoms with E-state index in [0.29, 0.717) is 19.4 Å². The van der Waals surface area contributed by atoms with Gasteiger partial charge in [-0.15, -0.1) is 0 Å². The minimum absolute atomic E-state index is 0.0134. The molecule has 3 N–H and O–H groups in total. The molecule has 2 atom stereocenters. The summed E-state index contributed by atoms with van der Waals surface area (Å²) < 4.78 is 5.50. The number of amides is 1. The van der Waals surface area contributed by atoms with Gasteiger partial charge in [-0.1, -0.05) is 307 Å². The van der Waals surface area contributed by atoms with Crippen molar-refractivity contribution in [3.05, 3.63) is 36.5 Å². The summed E-state index contributed by atoms with van der Waals surface area (Å²) in [5, 5.41) is 23.0. The fourth-order valence-corrected chi connectivity index (χ4v) is 10.4. The Balaban J connectivity index is 3.36. The van der Waals surface area contributed by atoms with Gasteiger partial charge in [-0.2, -0.15) is 0 Å². The molecule has 75 heavy (non-hydrogen) atoms. The van der Waals surface area contributed by atoms with Crippen molar-refractivity contribution in [3.8, 4) is 0 Å². The zero-order valence-electron chi connectivity index (χ0n) is 50.5. The van der Waals surface area contributed by atoms with Crippen molar-refractivity contribution >= 4 is 11.9 Å². The SMILES string of the molecule is CCCCCCCCC/C=C\CCCCCCCCCC(=O)OCCCCCCCCCCCCCC/C=C\CCCCCCCCCCCCCCCC(=O)NC(CO)C(O)/C=C/CCCCCCCCCCC. The molecule has 0 aliphatic carbocycles. The lowest BCUT2D eigenvalue weighted by molar-refractivity contribution is -0.143. The minimum atomic E-state index is -0.842. The molecule has 0 rings (SSSR count). The first kappa shape index (κ1) is 73.1. The highest BCUT2D eigenvalue weighted by Crippen LogP contribution is 2.18. The summed E-state index contributed by atoms with van der Waals surface area (Å²) in [7, 11) is 0. The van der Waals surface area contributed by atoms with Crippen LogP contribution in [-0.4, -0.2) is 47.4 Å². The zero-order chi connectivity index (χ0) is 54.3. The third-order valence-electron chi connectivity index (χ3n) is 15.6. The van der Waals surface area contributed by atoms with E-state index in [-0.39, 0.29) is 18.5 Å². The van der Waals surface area contributed by atoms with Crippen LogP contribution in [0.1, 0.15) is 367 Å². The van der Waals surface area contributed by atoms with Gasteiger partial charge in [0, 0.05) is 12.8 Å². The van der Waals surface area contributed by atoms with E-state index in [9.17, 15) is 19.8 Å². The van der Waals surface area contributed by atoms with Crippen molar-refractivity contribution in [2.75, 3.05) is 13.2 Å². The predicted molar refractivity (Wildman–Crippen MR) is 329 cm³/mol. The Labute approximate surface area is 468 Å². The molecule has 6 nitrogen and oxygen atoms in total. The van der Waals surface area contributed by atoms with E-state index in [1.165, 1.54) is 295 Å². The third-order valence-corrected chi connectivity index (χ3v) is 15.6. The number of unbranched alkanes of at least 4 members (excludes halogenated alkanes) is 48. The maximum atomic E-state index is 12.4. The van der Waals surface area contributed by atoms with Gasteiger partial charge in [0.05, 0.1) is 25.4 Å². The standard InChI is InChI=1S/C69H131NO5/c1-3-5-7-9-11-13-15-16-17-18-33-36-39-43-47-51-55-59-63-69(74)75-64-60-56-52-48-44-40-37-34-31-29-27-25-23-21-19-20-22-24-26-28-30-32-35-38-42-46-50-54-58-62-68(73)70-66(65-71)67(72)61-57-53-49-45-41-14-12-10-8-6-4-2/h17-19,21,57,61,66-67,71-72H,3-16,20,22-56,58-60,62-65H2,1-2H3,(H,70,73)/b18-17-,21-19-,61-57+. The largest absolute Gasteiger partial charge is 0.466 e. The summed E-state index contributed by atoms with van der Waals surface area (Å²) in [6.45, 7) is 4.91. The van der Waals surface area contributed by atoms with Crippen LogP contribution in [0.4, 0.5) is 0 Å². The molecule has 0 aliphatic rings. The molecule has 0 heterocycles. The number of aliphatic hydroxyl groups is 2. The number of ether oxygens (including phenoxy) is 1. The summed E-state index contributed by atoms with van der Waals surface area (Å²) in [5.74, 6) is -0.0541. The molecule has 0 radical (unpaired) electrons. The minimum Gasteiger partial charge on any atom is -0.466 e. The first-order chi connectivity index (χ1) is 37.0. The van der Waals surface area contributed by atoms with E-state index in [1.54, 1.807) is 6.08 Å². The van der Waals surface area contributed by atoms with Crippen molar-refractivity contribution in [1.82, 2.24) is 5.32 Å². The quantitative estimate of drug-likeness (QED) is 0.0320. The number of esters is 1. The monoisotopic (exact) mass is 1050 g/mol. The van der Waals surface area contributed by atoms with Gasteiger partial charge in [-0.25, -0.2) is 0 Å². The second kappa shape index (κ2) is 64.6. The number of aliphatic hydroxyl groups excluding tert-OH is 2. The lowest BCUT2D eigenvalue weighted by Gasteiger charge is -2.20. The van der Waals surface area contributed by atoms with E-state index >= 15 is 0 Å². The Morgan fingerprint density at radius 3 is 0.947 bits per heavy atom. The summed E-state index contributed by atoms with van der Waals surface area (Å²) in [5.41, 5.74) is 0. The molecule has 0 fully saturated rings. The fraction of sp³-hybridized carbons (Fsp3) is 0.884. The van der Waals surface area contributed by atoms with Gasteiger partial charge in [-0.3, -0.25) is 9.59 Å². The Bertz CT molecular complexity index is 1210. The van der Waals surface area contributed by atoms with Crippen LogP contribution in [0.15, 0.2) is 36.5 Å². The first-order valence-electron chi connectivity index (χ1n) is 33.8. The Kier molecular flexibility index (Phi) is 63.0. The lowest BCUT2D eigenvalue weighted by Crippen LogP contribution is -2.45. The Morgan fingerprint density at radius 1 is 0.360 bits per heavy atom. The molecule has 0 aliphatic heterocycles. The molecule has 0 saturated heterocycles. The zero-order valence-corrected chi connectivity index (χ0v) is 50.5. The smallest absolute Gasteiger partial charge is 0.305 e. The first-order valence-corrected chi connectivity index (χ1v) is 33.8. The van der Waals surface area contributed by atoms with Crippen molar-refractivity contribution in [1.29, 1.82) is 0 Å². The van der Waals surface area contributed by atoms with Gasteiger partial charge in [0.1, 0.15) is 0 Å². The van der Waals surface area contributed by atoms with Gasteiger partial charge in [0.25, 0.3) is 0 Å². The van der Waals surface area contributed by atoms with E-state index in [2.05, 4.69) is 43.5 Å². The number of hydrogen-bond donors (Lipinski definition) is 3. The highest BCUT2D eigenvalue weighted by atomic mass is 16.5. The summed E-state index contributed by atoms with van der Waals surface area (Å²) in [4.78, 5) is 24.5. The van der Waals surface area contributed by atoms with Crippen LogP contribution < -0.4 is 5.32 Å². The Hall–Kier alpha value is -1.92. The van der Waals surface area contributed by atoms with Gasteiger partial charge in [0.2, 0.25) is 5.91 Å². The number of rotatable bonds is 63. The average molecular weight is 1050 g/mol. The molecule has 2 unspecified atom stereocenters. The van der Waals surface area contributed by atoms with Crippen LogP contribution >= 0.6 is 0 Å². The molecule has 1 amide bonds. The molecule has 442 valence electrons. The highest BCUT2D eigenvalue weighted by molar-refractivity contribution is 5.76. The van der Waals surface area contributed by atoms with Gasteiger partial charge in [0.15, 0.2) is 0 Å². The van der Waals surface area contributed by atoms with E-state index in [4.69, 9.17) is 4.74 Å². The normalized spacial score (nSPS) is 12.7. The number of allylic oxidation sites excluding steroid dienone is 5. The molecule has 0 aromatic heterocycles. The van der Waals surface area contributed by atoms with Gasteiger partial charge < -0.3 is 20.3 Å². The summed E-state index contributed by atoms with van der Waals surface area (Å²) in [6.07, 6.45) is 82.2. The molecule has 0 saturated carbocycles.